The van der Waals surface area contributed by atoms with Crippen LogP contribution in [0.4, 0.5) is 0 Å². The van der Waals surface area contributed by atoms with Crippen LogP contribution in [0, 0.1) is 0 Å². The molecule has 0 atom stereocenters. The zero-order valence-corrected chi connectivity index (χ0v) is 19.1. The zero-order chi connectivity index (χ0) is 23.2. The molecule has 0 bridgehead atoms. The van der Waals surface area contributed by atoms with Crippen molar-refractivity contribution in [2.75, 3.05) is 0 Å². The molecule has 0 saturated heterocycles. The monoisotopic (exact) mass is 446 g/mol. The van der Waals surface area contributed by atoms with E-state index in [1.54, 1.807) is 0 Å². The summed E-state index contributed by atoms with van der Waals surface area (Å²) in [6.07, 6.45) is 0. The van der Waals surface area contributed by atoms with E-state index >= 15 is 0 Å². The van der Waals surface area contributed by atoms with Crippen LogP contribution in [-0.2, 0) is 0 Å². The van der Waals surface area contributed by atoms with Gasteiger partial charge < -0.3 is 4.42 Å². The van der Waals surface area contributed by atoms with Gasteiger partial charge in [0, 0.05) is 10.8 Å². The van der Waals surface area contributed by atoms with Crippen molar-refractivity contribution in [3.05, 3.63) is 133 Å². The highest BCUT2D eigenvalue weighted by atomic mass is 16.3. The van der Waals surface area contributed by atoms with Crippen LogP contribution in [0.3, 0.4) is 0 Å². The van der Waals surface area contributed by atoms with Gasteiger partial charge in [-0.1, -0.05) is 97.1 Å². The van der Waals surface area contributed by atoms with Crippen LogP contribution < -0.4 is 0 Å². The highest BCUT2D eigenvalue weighted by Gasteiger charge is 2.14. The molecule has 0 spiro atoms. The third-order valence-corrected chi connectivity index (χ3v) is 6.86. The van der Waals surface area contributed by atoms with Gasteiger partial charge >= 0.3 is 0 Å². The topological polar surface area (TPSA) is 13.1 Å². The highest BCUT2D eigenvalue weighted by molar-refractivity contribution is 6.08. The Morgan fingerprint density at radius 1 is 0.343 bits per heavy atom. The van der Waals surface area contributed by atoms with Gasteiger partial charge in [0.25, 0.3) is 0 Å². The van der Waals surface area contributed by atoms with Gasteiger partial charge in [-0.2, -0.15) is 0 Å². The molecule has 0 fully saturated rings. The molecule has 1 heterocycles. The van der Waals surface area contributed by atoms with E-state index in [0.29, 0.717) is 0 Å². The summed E-state index contributed by atoms with van der Waals surface area (Å²) in [5.41, 5.74) is 9.11. The maximum Gasteiger partial charge on any atom is 0.135 e. The summed E-state index contributed by atoms with van der Waals surface area (Å²) in [6, 6.07) is 47.4. The molecule has 0 aliphatic rings. The van der Waals surface area contributed by atoms with Crippen LogP contribution in [0.25, 0.3) is 66.1 Å². The first kappa shape index (κ1) is 19.8. The van der Waals surface area contributed by atoms with Crippen LogP contribution in [0.1, 0.15) is 0 Å². The summed E-state index contributed by atoms with van der Waals surface area (Å²) >= 11 is 0. The number of fused-ring (bicyclic) bond motifs is 4. The summed E-state index contributed by atoms with van der Waals surface area (Å²) in [4.78, 5) is 0. The fourth-order valence-electron chi connectivity index (χ4n) is 5.09. The summed E-state index contributed by atoms with van der Waals surface area (Å²) in [5, 5.41) is 4.77. The third kappa shape index (κ3) is 3.41. The second-order valence-electron chi connectivity index (χ2n) is 9.00. The SMILES string of the molecule is c1ccc(-c2ccc3oc4ccc(-c5cc6ccccc6cc5-c5ccccc5)cc4c3c2)cc1. The number of furan rings is 1. The van der Waals surface area contributed by atoms with Gasteiger partial charge in [0.05, 0.1) is 0 Å². The Hall–Kier alpha value is -4.62. The third-order valence-electron chi connectivity index (χ3n) is 6.86. The first-order valence-electron chi connectivity index (χ1n) is 11.9. The van der Waals surface area contributed by atoms with E-state index in [9.17, 15) is 0 Å². The van der Waals surface area contributed by atoms with Gasteiger partial charge in [0.1, 0.15) is 11.2 Å². The van der Waals surface area contributed by atoms with Crippen molar-refractivity contribution in [2.45, 2.75) is 0 Å². The van der Waals surface area contributed by atoms with Crippen LogP contribution in [0.5, 0.6) is 0 Å². The lowest BCUT2D eigenvalue weighted by Crippen LogP contribution is -1.87. The first-order chi connectivity index (χ1) is 17.3. The molecule has 6 aromatic carbocycles. The second-order valence-corrected chi connectivity index (χ2v) is 9.00. The summed E-state index contributed by atoms with van der Waals surface area (Å²) < 4.78 is 6.22. The maximum atomic E-state index is 6.22. The molecule has 0 radical (unpaired) electrons. The van der Waals surface area contributed by atoms with E-state index in [1.165, 1.54) is 44.2 Å². The fourth-order valence-corrected chi connectivity index (χ4v) is 5.09. The molecule has 164 valence electrons. The lowest BCUT2D eigenvalue weighted by atomic mass is 9.91. The summed E-state index contributed by atoms with van der Waals surface area (Å²) in [5.74, 6) is 0. The minimum Gasteiger partial charge on any atom is -0.456 e. The molecule has 0 unspecified atom stereocenters. The molecule has 0 saturated carbocycles. The number of hydrogen-bond donors (Lipinski definition) is 0. The van der Waals surface area contributed by atoms with Gasteiger partial charge in [-0.3, -0.25) is 0 Å². The first-order valence-corrected chi connectivity index (χ1v) is 11.9. The number of rotatable bonds is 3. The summed E-state index contributed by atoms with van der Waals surface area (Å²) in [7, 11) is 0. The normalized spacial score (nSPS) is 11.4. The highest BCUT2D eigenvalue weighted by Crippen LogP contribution is 2.39. The Morgan fingerprint density at radius 2 is 0.829 bits per heavy atom. The predicted molar refractivity (Wildman–Crippen MR) is 148 cm³/mol. The Labute approximate surface area is 203 Å². The molecule has 0 aliphatic heterocycles. The Kier molecular flexibility index (Phi) is 4.53. The van der Waals surface area contributed by atoms with Crippen LogP contribution in [-0.4, -0.2) is 0 Å². The van der Waals surface area contributed by atoms with E-state index in [-0.39, 0.29) is 0 Å². The van der Waals surface area contributed by atoms with Crippen LogP contribution >= 0.6 is 0 Å². The van der Waals surface area contributed by atoms with Crippen molar-refractivity contribution in [1.29, 1.82) is 0 Å². The minimum atomic E-state index is 0.913. The minimum absolute atomic E-state index is 0.913. The molecule has 1 aromatic heterocycles. The molecular weight excluding hydrogens is 424 g/mol. The molecule has 0 aliphatic carbocycles. The van der Waals surface area contributed by atoms with E-state index in [1.807, 2.05) is 0 Å². The molecular formula is C34H22O. The molecule has 0 N–H and O–H groups in total. The van der Waals surface area contributed by atoms with Crippen molar-refractivity contribution in [3.63, 3.8) is 0 Å². The molecule has 7 rings (SSSR count). The van der Waals surface area contributed by atoms with Crippen molar-refractivity contribution in [1.82, 2.24) is 0 Å². The average Bonchev–Trinajstić information content (AvgIpc) is 3.30. The fraction of sp³-hybridized carbons (Fsp3) is 0. The molecule has 0 amide bonds. The Bertz CT molecular complexity index is 1830. The number of benzene rings is 6. The van der Waals surface area contributed by atoms with Gasteiger partial charge in [-0.05, 0) is 80.6 Å². The largest absolute Gasteiger partial charge is 0.456 e. The molecule has 1 heteroatoms. The number of hydrogen-bond acceptors (Lipinski definition) is 1. The Morgan fingerprint density at radius 3 is 1.46 bits per heavy atom. The quantitative estimate of drug-likeness (QED) is 0.263. The molecule has 1 nitrogen and oxygen atoms in total. The second kappa shape index (κ2) is 8.00. The van der Waals surface area contributed by atoms with Crippen LogP contribution in [0.2, 0.25) is 0 Å². The Balaban J connectivity index is 1.47. The average molecular weight is 447 g/mol. The van der Waals surface area contributed by atoms with E-state index < -0.39 is 0 Å². The van der Waals surface area contributed by atoms with Gasteiger partial charge in [0.15, 0.2) is 0 Å². The van der Waals surface area contributed by atoms with Crippen molar-refractivity contribution >= 4 is 32.7 Å². The van der Waals surface area contributed by atoms with E-state index in [0.717, 1.165) is 21.9 Å². The van der Waals surface area contributed by atoms with E-state index in [4.69, 9.17) is 4.42 Å². The summed E-state index contributed by atoms with van der Waals surface area (Å²) in [6.45, 7) is 0. The van der Waals surface area contributed by atoms with Crippen molar-refractivity contribution in [2.24, 2.45) is 0 Å². The molecule has 35 heavy (non-hydrogen) atoms. The lowest BCUT2D eigenvalue weighted by Gasteiger charge is -2.13. The molecule has 7 aromatic rings. The van der Waals surface area contributed by atoms with Crippen molar-refractivity contribution in [3.8, 4) is 33.4 Å². The smallest absolute Gasteiger partial charge is 0.135 e. The zero-order valence-electron chi connectivity index (χ0n) is 19.1. The lowest BCUT2D eigenvalue weighted by molar-refractivity contribution is 0.669. The predicted octanol–water partition coefficient (Wildman–Crippen LogP) is 9.74. The van der Waals surface area contributed by atoms with E-state index in [2.05, 4.69) is 133 Å². The van der Waals surface area contributed by atoms with Crippen molar-refractivity contribution < 1.29 is 4.42 Å². The van der Waals surface area contributed by atoms with Gasteiger partial charge in [0.2, 0.25) is 0 Å². The maximum absolute atomic E-state index is 6.22. The van der Waals surface area contributed by atoms with Gasteiger partial charge in [-0.25, -0.2) is 0 Å². The van der Waals surface area contributed by atoms with Gasteiger partial charge in [-0.15, -0.1) is 0 Å². The van der Waals surface area contributed by atoms with Crippen LogP contribution in [0.15, 0.2) is 138 Å². The standard InChI is InChI=1S/C34H22O/c1-3-9-23(10-4-1)27-15-17-33-31(21-27)32-22-28(16-18-34(32)35-33)30-20-26-14-8-7-13-25(26)19-29(30)24-11-5-2-6-12-24/h1-22H.